The average Bonchev–Trinajstić information content (AvgIpc) is 2.84. The van der Waals surface area contributed by atoms with Crippen molar-refractivity contribution in [3.05, 3.63) is 0 Å². The molecule has 1 nitrogen and oxygen atoms in total. The average molecular weight is 234 g/mol. The summed E-state index contributed by atoms with van der Waals surface area (Å²) in [5.74, 6) is 0. The molecule has 1 aliphatic carbocycles. The minimum atomic E-state index is 0.637. The monoisotopic (exact) mass is 233 g/mol. The molecular formula is C10H20BrN. The van der Waals surface area contributed by atoms with Crippen LogP contribution in [0.1, 0.15) is 33.1 Å². The predicted octanol–water partition coefficient (Wildman–Crippen LogP) is 2.89. The van der Waals surface area contributed by atoms with Gasteiger partial charge in [-0.3, -0.25) is 0 Å². The molecule has 0 aromatic carbocycles. The van der Waals surface area contributed by atoms with Gasteiger partial charge in [-0.15, -0.1) is 0 Å². The van der Waals surface area contributed by atoms with E-state index in [1.165, 1.54) is 31.1 Å². The molecule has 0 N–H and O–H groups in total. The molecule has 1 unspecified atom stereocenters. The zero-order valence-corrected chi connectivity index (χ0v) is 10.0. The van der Waals surface area contributed by atoms with E-state index in [0.29, 0.717) is 5.41 Å². The van der Waals surface area contributed by atoms with Crippen LogP contribution >= 0.6 is 15.9 Å². The largest absolute Gasteiger partial charge is 0.303 e. The number of hydrogen-bond donors (Lipinski definition) is 0. The maximum absolute atomic E-state index is 3.61. The summed E-state index contributed by atoms with van der Waals surface area (Å²) in [7, 11) is 2.25. The first-order valence-corrected chi connectivity index (χ1v) is 6.02. The fourth-order valence-electron chi connectivity index (χ4n) is 1.51. The minimum absolute atomic E-state index is 0.637. The quantitative estimate of drug-likeness (QED) is 0.661. The Kier molecular flexibility index (Phi) is 3.59. The van der Waals surface area contributed by atoms with E-state index in [2.05, 4.69) is 41.7 Å². The van der Waals surface area contributed by atoms with Crippen LogP contribution in [0.15, 0.2) is 0 Å². The second kappa shape index (κ2) is 4.10. The van der Waals surface area contributed by atoms with Crippen LogP contribution in [0.4, 0.5) is 0 Å². The lowest BCUT2D eigenvalue weighted by molar-refractivity contribution is 0.213. The van der Waals surface area contributed by atoms with Crippen molar-refractivity contribution in [2.45, 2.75) is 39.2 Å². The summed E-state index contributed by atoms with van der Waals surface area (Å²) in [6, 6.07) is 0.738. The van der Waals surface area contributed by atoms with Gasteiger partial charge in [-0.05, 0) is 38.6 Å². The predicted molar refractivity (Wildman–Crippen MR) is 57.8 cm³/mol. The zero-order valence-electron chi connectivity index (χ0n) is 8.44. The Morgan fingerprint density at radius 1 is 1.50 bits per heavy atom. The van der Waals surface area contributed by atoms with Crippen LogP contribution in [0, 0.1) is 5.41 Å². The highest BCUT2D eigenvalue weighted by molar-refractivity contribution is 9.09. The van der Waals surface area contributed by atoms with E-state index in [0.717, 1.165) is 6.04 Å². The lowest BCUT2D eigenvalue weighted by Crippen LogP contribution is -2.34. The van der Waals surface area contributed by atoms with Crippen molar-refractivity contribution in [2.75, 3.05) is 18.9 Å². The summed E-state index contributed by atoms with van der Waals surface area (Å²) < 4.78 is 0. The molecule has 0 aromatic heterocycles. The van der Waals surface area contributed by atoms with Crippen molar-refractivity contribution in [3.8, 4) is 0 Å². The van der Waals surface area contributed by atoms with E-state index in [-0.39, 0.29) is 0 Å². The molecule has 72 valence electrons. The molecule has 0 heterocycles. The van der Waals surface area contributed by atoms with Crippen molar-refractivity contribution in [2.24, 2.45) is 5.41 Å². The second-order valence-electron chi connectivity index (χ2n) is 4.31. The van der Waals surface area contributed by atoms with Crippen molar-refractivity contribution in [1.29, 1.82) is 0 Å². The molecule has 0 spiro atoms. The van der Waals surface area contributed by atoms with Crippen molar-refractivity contribution >= 4 is 15.9 Å². The summed E-state index contributed by atoms with van der Waals surface area (Å²) in [5.41, 5.74) is 0.637. The van der Waals surface area contributed by atoms with E-state index in [1.54, 1.807) is 0 Å². The van der Waals surface area contributed by atoms with Crippen molar-refractivity contribution in [1.82, 2.24) is 4.90 Å². The SMILES string of the molecule is CCC(C)N(C)CC1(CBr)CC1. The molecule has 0 amide bonds. The van der Waals surface area contributed by atoms with Gasteiger partial charge >= 0.3 is 0 Å². The minimum Gasteiger partial charge on any atom is -0.303 e. The van der Waals surface area contributed by atoms with Gasteiger partial charge in [0.25, 0.3) is 0 Å². The highest BCUT2D eigenvalue weighted by atomic mass is 79.9. The number of hydrogen-bond acceptors (Lipinski definition) is 1. The van der Waals surface area contributed by atoms with Gasteiger partial charge in [0.2, 0.25) is 0 Å². The first-order valence-electron chi connectivity index (χ1n) is 4.90. The Hall–Kier alpha value is 0.440. The topological polar surface area (TPSA) is 3.24 Å². The number of alkyl halides is 1. The zero-order chi connectivity index (χ0) is 9.19. The van der Waals surface area contributed by atoms with Crippen LogP contribution in [0.5, 0.6) is 0 Å². The number of rotatable bonds is 5. The Morgan fingerprint density at radius 2 is 2.08 bits per heavy atom. The smallest absolute Gasteiger partial charge is 0.0100 e. The molecule has 1 aliphatic rings. The number of nitrogens with zero attached hydrogens (tertiary/aromatic N) is 1. The fraction of sp³-hybridized carbons (Fsp3) is 1.00. The van der Waals surface area contributed by atoms with Crippen LogP contribution in [-0.2, 0) is 0 Å². The lowest BCUT2D eigenvalue weighted by atomic mass is 10.1. The standard InChI is InChI=1S/C10H20BrN/c1-4-9(2)12(3)8-10(7-11)5-6-10/h9H,4-8H2,1-3H3. The molecule has 1 fully saturated rings. The van der Waals surface area contributed by atoms with Crippen LogP contribution in [-0.4, -0.2) is 29.9 Å². The molecule has 0 radical (unpaired) electrons. The van der Waals surface area contributed by atoms with Gasteiger partial charge in [0.05, 0.1) is 0 Å². The maximum atomic E-state index is 3.61. The fourth-order valence-corrected chi connectivity index (χ4v) is 2.25. The van der Waals surface area contributed by atoms with Gasteiger partial charge in [0, 0.05) is 17.9 Å². The van der Waals surface area contributed by atoms with Crippen LogP contribution in [0.3, 0.4) is 0 Å². The van der Waals surface area contributed by atoms with E-state index < -0.39 is 0 Å². The van der Waals surface area contributed by atoms with E-state index in [4.69, 9.17) is 0 Å². The summed E-state index contributed by atoms with van der Waals surface area (Å²) in [5, 5.41) is 1.18. The summed E-state index contributed by atoms with van der Waals surface area (Å²) in [4.78, 5) is 2.49. The van der Waals surface area contributed by atoms with Gasteiger partial charge < -0.3 is 4.90 Å². The van der Waals surface area contributed by atoms with Crippen molar-refractivity contribution in [3.63, 3.8) is 0 Å². The molecule has 0 aliphatic heterocycles. The molecule has 0 aromatic rings. The maximum Gasteiger partial charge on any atom is 0.0100 e. The third-order valence-corrected chi connectivity index (χ3v) is 4.36. The highest BCUT2D eigenvalue weighted by Crippen LogP contribution is 2.47. The number of halogens is 1. The third kappa shape index (κ3) is 2.46. The second-order valence-corrected chi connectivity index (χ2v) is 4.87. The first-order chi connectivity index (χ1) is 5.63. The van der Waals surface area contributed by atoms with Crippen LogP contribution in [0.25, 0.3) is 0 Å². The molecule has 12 heavy (non-hydrogen) atoms. The van der Waals surface area contributed by atoms with Crippen LogP contribution < -0.4 is 0 Å². The summed E-state index contributed by atoms with van der Waals surface area (Å²) >= 11 is 3.61. The Labute approximate surface area is 84.6 Å². The Balaban J connectivity index is 2.30. The Morgan fingerprint density at radius 3 is 2.42 bits per heavy atom. The van der Waals surface area contributed by atoms with Gasteiger partial charge in [-0.25, -0.2) is 0 Å². The lowest BCUT2D eigenvalue weighted by Gasteiger charge is -2.27. The third-order valence-electron chi connectivity index (χ3n) is 3.17. The first kappa shape index (κ1) is 10.5. The van der Waals surface area contributed by atoms with E-state index in [1.807, 2.05) is 0 Å². The van der Waals surface area contributed by atoms with E-state index in [9.17, 15) is 0 Å². The van der Waals surface area contributed by atoms with Crippen LogP contribution in [0.2, 0.25) is 0 Å². The highest BCUT2D eigenvalue weighted by Gasteiger charge is 2.42. The molecule has 1 saturated carbocycles. The molecular weight excluding hydrogens is 214 g/mol. The van der Waals surface area contributed by atoms with E-state index >= 15 is 0 Å². The normalized spacial score (nSPS) is 22.8. The van der Waals surface area contributed by atoms with Crippen molar-refractivity contribution < 1.29 is 0 Å². The van der Waals surface area contributed by atoms with Gasteiger partial charge in [0.1, 0.15) is 0 Å². The molecule has 1 rings (SSSR count). The van der Waals surface area contributed by atoms with Gasteiger partial charge in [-0.2, -0.15) is 0 Å². The summed E-state index contributed by atoms with van der Waals surface area (Å²) in [6.07, 6.45) is 4.09. The Bertz CT molecular complexity index is 143. The molecule has 0 bridgehead atoms. The van der Waals surface area contributed by atoms with Gasteiger partial charge in [0.15, 0.2) is 0 Å². The summed E-state index contributed by atoms with van der Waals surface area (Å²) in [6.45, 7) is 5.84. The molecule has 2 heteroatoms. The molecule has 0 saturated heterocycles. The molecule has 1 atom stereocenters. The van der Waals surface area contributed by atoms with Gasteiger partial charge in [-0.1, -0.05) is 22.9 Å².